The topological polar surface area (TPSA) is 54.4 Å². The van der Waals surface area contributed by atoms with Crippen LogP contribution in [0.3, 0.4) is 0 Å². The summed E-state index contributed by atoms with van der Waals surface area (Å²) in [6.45, 7) is 1.89. The third kappa shape index (κ3) is 3.96. The molecule has 1 aromatic heterocycles. The number of aromatic nitrogens is 1. The Morgan fingerprint density at radius 1 is 1.25 bits per heavy atom. The molecular weight excluding hydrogens is 386 g/mol. The van der Waals surface area contributed by atoms with E-state index in [1.165, 1.54) is 11.3 Å². The predicted molar refractivity (Wildman–Crippen MR) is 101 cm³/mol. The van der Waals surface area contributed by atoms with Crippen molar-refractivity contribution in [2.45, 2.75) is 6.92 Å². The lowest BCUT2D eigenvalue weighted by atomic mass is 10.1. The highest BCUT2D eigenvalue weighted by Crippen LogP contribution is 2.25. The summed E-state index contributed by atoms with van der Waals surface area (Å²) < 4.78 is 1.01. The fourth-order valence-electron chi connectivity index (χ4n) is 2.14. The van der Waals surface area contributed by atoms with Gasteiger partial charge in [0.25, 0.3) is 5.91 Å². The molecule has 6 heteroatoms. The van der Waals surface area contributed by atoms with Crippen LogP contribution in [0.5, 0.6) is 0 Å². The van der Waals surface area contributed by atoms with Gasteiger partial charge in [-0.25, -0.2) is 10.4 Å². The average molecular weight is 400 g/mol. The quantitative estimate of drug-likeness (QED) is 0.512. The van der Waals surface area contributed by atoms with Crippen LogP contribution in [-0.4, -0.2) is 17.1 Å². The second kappa shape index (κ2) is 7.51. The fraction of sp³-hybridized carbons (Fsp3) is 0.0556. The molecule has 0 unspecified atom stereocenters. The Balaban J connectivity index is 1.68. The molecule has 0 saturated carbocycles. The van der Waals surface area contributed by atoms with Crippen molar-refractivity contribution in [3.63, 3.8) is 0 Å². The SMILES string of the molecule is Cc1ccccc1C(=O)N/N=C\c1csc(-c2cccc(Br)c2)n1. The lowest BCUT2D eigenvalue weighted by Gasteiger charge is -2.02. The zero-order valence-electron chi connectivity index (χ0n) is 12.9. The van der Waals surface area contributed by atoms with Crippen LogP contribution in [-0.2, 0) is 0 Å². The van der Waals surface area contributed by atoms with Gasteiger partial charge in [0.15, 0.2) is 0 Å². The van der Waals surface area contributed by atoms with Crippen LogP contribution in [0.15, 0.2) is 63.5 Å². The van der Waals surface area contributed by atoms with E-state index in [1.54, 1.807) is 12.3 Å². The first-order chi connectivity index (χ1) is 11.6. The maximum atomic E-state index is 12.1. The van der Waals surface area contributed by atoms with Gasteiger partial charge >= 0.3 is 0 Å². The minimum absolute atomic E-state index is 0.230. The molecular formula is C18H14BrN3OS. The molecule has 0 atom stereocenters. The first-order valence-electron chi connectivity index (χ1n) is 7.24. The minimum Gasteiger partial charge on any atom is -0.267 e. The van der Waals surface area contributed by atoms with Crippen molar-refractivity contribution in [1.29, 1.82) is 0 Å². The Bertz CT molecular complexity index is 905. The van der Waals surface area contributed by atoms with E-state index in [0.29, 0.717) is 11.3 Å². The van der Waals surface area contributed by atoms with E-state index in [9.17, 15) is 4.79 Å². The number of rotatable bonds is 4. The minimum atomic E-state index is -0.230. The lowest BCUT2D eigenvalue weighted by Crippen LogP contribution is -2.18. The van der Waals surface area contributed by atoms with Gasteiger partial charge in [0, 0.05) is 21.0 Å². The molecule has 0 radical (unpaired) electrons. The van der Waals surface area contributed by atoms with Gasteiger partial charge in [0.2, 0.25) is 0 Å². The third-order valence-corrected chi connectivity index (χ3v) is 4.75. The van der Waals surface area contributed by atoms with Gasteiger partial charge < -0.3 is 0 Å². The van der Waals surface area contributed by atoms with Gasteiger partial charge in [-0.1, -0.05) is 46.3 Å². The summed E-state index contributed by atoms with van der Waals surface area (Å²) in [7, 11) is 0. The van der Waals surface area contributed by atoms with Crippen LogP contribution in [0, 0.1) is 6.92 Å². The number of carbonyl (C=O) groups excluding carboxylic acids is 1. The van der Waals surface area contributed by atoms with Crippen LogP contribution in [0.2, 0.25) is 0 Å². The molecule has 2 aromatic carbocycles. The van der Waals surface area contributed by atoms with E-state index in [2.05, 4.69) is 31.4 Å². The first kappa shape index (κ1) is 16.5. The summed E-state index contributed by atoms with van der Waals surface area (Å²) in [5.74, 6) is -0.230. The highest BCUT2D eigenvalue weighted by atomic mass is 79.9. The smallest absolute Gasteiger partial charge is 0.267 e. The summed E-state index contributed by atoms with van der Waals surface area (Å²) in [5, 5.41) is 6.80. The normalized spacial score (nSPS) is 10.9. The van der Waals surface area contributed by atoms with Crippen molar-refractivity contribution in [2.24, 2.45) is 5.10 Å². The maximum absolute atomic E-state index is 12.1. The van der Waals surface area contributed by atoms with Gasteiger partial charge in [0.1, 0.15) is 5.01 Å². The van der Waals surface area contributed by atoms with Gasteiger partial charge in [0.05, 0.1) is 11.9 Å². The number of benzene rings is 2. The van der Waals surface area contributed by atoms with Crippen LogP contribution in [0.4, 0.5) is 0 Å². The van der Waals surface area contributed by atoms with Gasteiger partial charge in [-0.3, -0.25) is 4.79 Å². The lowest BCUT2D eigenvalue weighted by molar-refractivity contribution is 0.0954. The monoisotopic (exact) mass is 399 g/mol. The number of nitrogens with one attached hydrogen (secondary N) is 1. The van der Waals surface area contributed by atoms with E-state index < -0.39 is 0 Å². The molecule has 0 fully saturated rings. The number of hydrogen-bond acceptors (Lipinski definition) is 4. The van der Waals surface area contributed by atoms with E-state index in [0.717, 1.165) is 20.6 Å². The Morgan fingerprint density at radius 3 is 2.88 bits per heavy atom. The Hall–Kier alpha value is -2.31. The first-order valence-corrected chi connectivity index (χ1v) is 8.91. The molecule has 24 heavy (non-hydrogen) atoms. The number of amides is 1. The standard InChI is InChI=1S/C18H14BrN3OS/c1-12-5-2-3-8-16(12)17(23)22-20-10-15-11-24-18(21-15)13-6-4-7-14(19)9-13/h2-11H,1H3,(H,22,23)/b20-10-. The average Bonchev–Trinajstić information content (AvgIpc) is 3.04. The Kier molecular flexibility index (Phi) is 5.17. The van der Waals surface area contributed by atoms with Crippen LogP contribution >= 0.6 is 27.3 Å². The molecule has 1 N–H and O–H groups in total. The van der Waals surface area contributed by atoms with Crippen LogP contribution < -0.4 is 5.43 Å². The number of aryl methyl sites for hydroxylation is 1. The molecule has 0 saturated heterocycles. The summed E-state index contributed by atoms with van der Waals surface area (Å²) in [6, 6.07) is 15.4. The second-order valence-corrected chi connectivity index (χ2v) is 6.88. The third-order valence-electron chi connectivity index (χ3n) is 3.35. The summed E-state index contributed by atoms with van der Waals surface area (Å²) in [5.41, 5.74) is 5.81. The molecule has 4 nitrogen and oxygen atoms in total. The summed E-state index contributed by atoms with van der Waals surface area (Å²) >= 11 is 4.99. The second-order valence-electron chi connectivity index (χ2n) is 5.10. The number of hydrazone groups is 1. The van der Waals surface area contributed by atoms with Crippen molar-refractivity contribution in [3.8, 4) is 10.6 Å². The molecule has 0 spiro atoms. The van der Waals surface area contributed by atoms with E-state index in [4.69, 9.17) is 0 Å². The molecule has 1 heterocycles. The molecule has 0 bridgehead atoms. The maximum Gasteiger partial charge on any atom is 0.271 e. The molecule has 120 valence electrons. The zero-order chi connectivity index (χ0) is 16.9. The highest BCUT2D eigenvalue weighted by molar-refractivity contribution is 9.10. The van der Waals surface area contributed by atoms with Gasteiger partial charge in [-0.05, 0) is 30.7 Å². The van der Waals surface area contributed by atoms with Crippen molar-refractivity contribution in [1.82, 2.24) is 10.4 Å². The number of thiazole rings is 1. The van der Waals surface area contributed by atoms with Crippen molar-refractivity contribution in [3.05, 3.63) is 75.2 Å². The van der Waals surface area contributed by atoms with Crippen LogP contribution in [0.25, 0.3) is 10.6 Å². The summed E-state index contributed by atoms with van der Waals surface area (Å²) in [4.78, 5) is 16.6. The van der Waals surface area contributed by atoms with Gasteiger partial charge in [-0.2, -0.15) is 5.10 Å². The molecule has 0 aliphatic carbocycles. The largest absolute Gasteiger partial charge is 0.271 e. The van der Waals surface area contributed by atoms with Crippen molar-refractivity contribution in [2.75, 3.05) is 0 Å². The molecule has 1 amide bonds. The van der Waals surface area contributed by atoms with Gasteiger partial charge in [-0.15, -0.1) is 11.3 Å². The van der Waals surface area contributed by atoms with E-state index in [1.807, 2.05) is 54.8 Å². The molecule has 3 aromatic rings. The van der Waals surface area contributed by atoms with E-state index >= 15 is 0 Å². The number of halogens is 1. The highest BCUT2D eigenvalue weighted by Gasteiger charge is 2.07. The Labute approximate surface area is 152 Å². The summed E-state index contributed by atoms with van der Waals surface area (Å²) in [6.07, 6.45) is 1.55. The number of hydrogen-bond donors (Lipinski definition) is 1. The van der Waals surface area contributed by atoms with Crippen LogP contribution in [0.1, 0.15) is 21.6 Å². The fourth-order valence-corrected chi connectivity index (χ4v) is 3.31. The molecule has 0 aliphatic rings. The number of nitrogens with zero attached hydrogens (tertiary/aromatic N) is 2. The molecule has 3 rings (SSSR count). The zero-order valence-corrected chi connectivity index (χ0v) is 15.3. The molecule has 0 aliphatic heterocycles. The van der Waals surface area contributed by atoms with E-state index in [-0.39, 0.29) is 5.91 Å². The predicted octanol–water partition coefficient (Wildman–Crippen LogP) is 4.64. The van der Waals surface area contributed by atoms with Crippen molar-refractivity contribution >= 4 is 39.4 Å². The number of carbonyl (C=O) groups is 1. The van der Waals surface area contributed by atoms with Crippen molar-refractivity contribution < 1.29 is 4.79 Å². The Morgan fingerprint density at radius 2 is 2.08 bits per heavy atom.